The zero-order valence-corrected chi connectivity index (χ0v) is 19.6. The molecule has 31 heavy (non-hydrogen) atoms. The van der Waals surface area contributed by atoms with Crippen molar-refractivity contribution in [2.75, 3.05) is 6.61 Å². The van der Waals surface area contributed by atoms with E-state index in [0.29, 0.717) is 22.2 Å². The average molecular weight is 469 g/mol. The number of nitrogens with one attached hydrogen (secondary N) is 1. The lowest BCUT2D eigenvalue weighted by Crippen LogP contribution is -2.54. The third-order valence-electron chi connectivity index (χ3n) is 4.40. The van der Waals surface area contributed by atoms with E-state index in [4.69, 9.17) is 27.9 Å². The maximum Gasteiger partial charge on any atom is 0.261 e. The Labute approximate surface area is 192 Å². The molecule has 0 saturated heterocycles. The maximum absolute atomic E-state index is 13.1. The van der Waals surface area contributed by atoms with Crippen LogP contribution in [-0.2, 0) is 16.1 Å². The van der Waals surface area contributed by atoms with Crippen molar-refractivity contribution in [3.63, 3.8) is 0 Å². The molecule has 8 heteroatoms. The molecule has 0 aliphatic carbocycles. The van der Waals surface area contributed by atoms with Crippen LogP contribution in [0.4, 0.5) is 4.39 Å². The number of halogens is 3. The van der Waals surface area contributed by atoms with Gasteiger partial charge in [-0.2, -0.15) is 0 Å². The van der Waals surface area contributed by atoms with Crippen molar-refractivity contribution in [1.82, 2.24) is 10.2 Å². The van der Waals surface area contributed by atoms with Gasteiger partial charge >= 0.3 is 0 Å². The monoisotopic (exact) mass is 468 g/mol. The molecule has 0 heterocycles. The number of amides is 2. The lowest BCUT2D eigenvalue weighted by atomic mass is 10.1. The normalized spacial score (nSPS) is 12.2. The van der Waals surface area contributed by atoms with E-state index in [1.165, 1.54) is 29.2 Å². The van der Waals surface area contributed by atoms with Crippen LogP contribution in [-0.4, -0.2) is 34.9 Å². The lowest BCUT2D eigenvalue weighted by Gasteiger charge is -2.33. The molecule has 2 rings (SSSR count). The summed E-state index contributed by atoms with van der Waals surface area (Å²) >= 11 is 12.1. The van der Waals surface area contributed by atoms with E-state index in [-0.39, 0.29) is 25.0 Å². The summed E-state index contributed by atoms with van der Waals surface area (Å²) < 4.78 is 18.6. The predicted molar refractivity (Wildman–Crippen MR) is 121 cm³/mol. The Morgan fingerprint density at radius 1 is 1.10 bits per heavy atom. The van der Waals surface area contributed by atoms with Gasteiger partial charge in [0.1, 0.15) is 17.6 Å². The number of rotatable bonds is 8. The van der Waals surface area contributed by atoms with E-state index < -0.39 is 17.4 Å². The highest BCUT2D eigenvalue weighted by Gasteiger charge is 2.31. The van der Waals surface area contributed by atoms with Crippen molar-refractivity contribution >= 4 is 35.0 Å². The summed E-state index contributed by atoms with van der Waals surface area (Å²) in [6, 6.07) is 9.73. The number of ether oxygens (including phenoxy) is 1. The second-order valence-electron chi connectivity index (χ2n) is 8.18. The number of nitrogens with zero attached hydrogens (tertiary/aromatic N) is 1. The molecule has 0 spiro atoms. The van der Waals surface area contributed by atoms with E-state index in [1.807, 2.05) is 27.7 Å². The van der Waals surface area contributed by atoms with Crippen molar-refractivity contribution in [2.24, 2.45) is 0 Å². The average Bonchev–Trinajstić information content (AvgIpc) is 2.68. The first-order chi connectivity index (χ1) is 14.5. The van der Waals surface area contributed by atoms with Crippen LogP contribution in [0, 0.1) is 5.82 Å². The predicted octanol–water partition coefficient (Wildman–Crippen LogP) is 5.23. The van der Waals surface area contributed by atoms with Crippen molar-refractivity contribution in [2.45, 2.75) is 52.2 Å². The fourth-order valence-corrected chi connectivity index (χ4v) is 3.29. The third kappa shape index (κ3) is 7.71. The highest BCUT2D eigenvalue weighted by atomic mass is 35.5. The third-order valence-corrected chi connectivity index (χ3v) is 5.14. The summed E-state index contributed by atoms with van der Waals surface area (Å²) in [7, 11) is 0. The minimum absolute atomic E-state index is 0.151. The molecule has 2 aromatic rings. The summed E-state index contributed by atoms with van der Waals surface area (Å²) in [5.41, 5.74) is 0.277. The van der Waals surface area contributed by atoms with Crippen LogP contribution in [0.25, 0.3) is 0 Å². The Hall–Kier alpha value is -2.31. The van der Waals surface area contributed by atoms with Gasteiger partial charge in [0, 0.05) is 12.1 Å². The Morgan fingerprint density at radius 3 is 2.29 bits per heavy atom. The Balaban J connectivity index is 2.25. The van der Waals surface area contributed by atoms with Gasteiger partial charge in [0.15, 0.2) is 6.61 Å². The molecule has 2 aromatic carbocycles. The van der Waals surface area contributed by atoms with Crippen molar-refractivity contribution in [3.05, 3.63) is 63.9 Å². The molecule has 0 radical (unpaired) electrons. The number of hydrogen-bond donors (Lipinski definition) is 1. The van der Waals surface area contributed by atoms with Crippen molar-refractivity contribution in [1.29, 1.82) is 0 Å². The number of carbonyl (C=O) groups is 2. The first-order valence-corrected chi connectivity index (χ1v) is 10.7. The Kier molecular flexibility index (Phi) is 8.71. The van der Waals surface area contributed by atoms with Gasteiger partial charge in [-0.25, -0.2) is 4.39 Å². The fourth-order valence-electron chi connectivity index (χ4n) is 2.97. The van der Waals surface area contributed by atoms with Gasteiger partial charge in [-0.05, 0) is 69.2 Å². The summed E-state index contributed by atoms with van der Waals surface area (Å²) in [5.74, 6) is -0.683. The minimum Gasteiger partial charge on any atom is -0.484 e. The van der Waals surface area contributed by atoms with Crippen LogP contribution < -0.4 is 10.1 Å². The highest BCUT2D eigenvalue weighted by molar-refractivity contribution is 6.42. The second-order valence-corrected chi connectivity index (χ2v) is 8.99. The molecule has 0 bridgehead atoms. The second kappa shape index (κ2) is 10.8. The molecule has 0 aromatic heterocycles. The van der Waals surface area contributed by atoms with Crippen LogP contribution in [0.1, 0.15) is 39.7 Å². The molecule has 0 aliphatic heterocycles. The molecule has 1 unspecified atom stereocenters. The van der Waals surface area contributed by atoms with Crippen molar-refractivity contribution in [3.8, 4) is 5.75 Å². The molecule has 1 atom stereocenters. The van der Waals surface area contributed by atoms with Gasteiger partial charge in [0.05, 0.1) is 10.0 Å². The smallest absolute Gasteiger partial charge is 0.261 e. The van der Waals surface area contributed by atoms with Gasteiger partial charge in [-0.3, -0.25) is 9.59 Å². The zero-order valence-electron chi connectivity index (χ0n) is 18.0. The summed E-state index contributed by atoms with van der Waals surface area (Å²) in [6.45, 7) is 7.31. The molecule has 1 N–H and O–H groups in total. The summed E-state index contributed by atoms with van der Waals surface area (Å²) in [5, 5.41) is 3.69. The number of benzene rings is 2. The van der Waals surface area contributed by atoms with Gasteiger partial charge in [0.25, 0.3) is 5.91 Å². The van der Waals surface area contributed by atoms with E-state index >= 15 is 0 Å². The van der Waals surface area contributed by atoms with Gasteiger partial charge in [-0.1, -0.05) is 36.2 Å². The van der Waals surface area contributed by atoms with E-state index in [2.05, 4.69) is 5.32 Å². The van der Waals surface area contributed by atoms with Crippen LogP contribution >= 0.6 is 23.2 Å². The molecule has 0 fully saturated rings. The van der Waals surface area contributed by atoms with Gasteiger partial charge in [-0.15, -0.1) is 0 Å². The Morgan fingerprint density at radius 2 is 1.74 bits per heavy atom. The molecular formula is C23H27Cl2FN2O3. The Bertz CT molecular complexity index is 914. The standard InChI is InChI=1S/C23H27Cl2FN2O3/c1-5-20(22(30)27-23(2,3)4)28(13-15-6-11-18(24)19(25)12-15)21(29)14-31-17-9-7-16(26)8-10-17/h6-12,20H,5,13-14H2,1-4H3,(H,27,30). The first-order valence-electron chi connectivity index (χ1n) is 9.94. The molecule has 0 aliphatic rings. The molecule has 5 nitrogen and oxygen atoms in total. The van der Waals surface area contributed by atoms with E-state index in [1.54, 1.807) is 18.2 Å². The topological polar surface area (TPSA) is 58.6 Å². The maximum atomic E-state index is 13.1. The molecular weight excluding hydrogens is 442 g/mol. The largest absolute Gasteiger partial charge is 0.484 e. The number of hydrogen-bond acceptors (Lipinski definition) is 3. The fraction of sp³-hybridized carbons (Fsp3) is 0.391. The summed E-state index contributed by atoms with van der Waals surface area (Å²) in [4.78, 5) is 27.5. The minimum atomic E-state index is -0.710. The SMILES string of the molecule is CCC(C(=O)NC(C)(C)C)N(Cc1ccc(Cl)c(Cl)c1)C(=O)COc1ccc(F)cc1. The molecule has 168 valence electrons. The van der Waals surface area contributed by atoms with E-state index in [9.17, 15) is 14.0 Å². The first kappa shape index (κ1) is 25.0. The molecule has 0 saturated carbocycles. The van der Waals surface area contributed by atoms with Gasteiger partial charge < -0.3 is 15.0 Å². The number of carbonyl (C=O) groups excluding carboxylic acids is 2. The van der Waals surface area contributed by atoms with Crippen LogP contribution in [0.2, 0.25) is 10.0 Å². The summed E-state index contributed by atoms with van der Waals surface area (Å²) in [6.07, 6.45) is 0.408. The van der Waals surface area contributed by atoms with Gasteiger partial charge in [0.2, 0.25) is 5.91 Å². The van der Waals surface area contributed by atoms with Crippen LogP contribution in [0.3, 0.4) is 0 Å². The zero-order chi connectivity index (χ0) is 23.2. The van der Waals surface area contributed by atoms with Crippen molar-refractivity contribution < 1.29 is 18.7 Å². The van der Waals surface area contributed by atoms with E-state index in [0.717, 1.165) is 5.56 Å². The highest BCUT2D eigenvalue weighted by Crippen LogP contribution is 2.24. The van der Waals surface area contributed by atoms with Crippen LogP contribution in [0.5, 0.6) is 5.75 Å². The quantitative estimate of drug-likeness (QED) is 0.576. The molecule has 2 amide bonds. The van der Waals surface area contributed by atoms with Crippen LogP contribution in [0.15, 0.2) is 42.5 Å². The lowest BCUT2D eigenvalue weighted by molar-refractivity contribution is -0.143.